The van der Waals surface area contributed by atoms with Crippen LogP contribution < -0.4 is 10.6 Å². The topological polar surface area (TPSA) is 61.4 Å². The average Bonchev–Trinajstić information content (AvgIpc) is 2.91. The van der Waals surface area contributed by atoms with Gasteiger partial charge in [0, 0.05) is 24.8 Å². The van der Waals surface area contributed by atoms with E-state index < -0.39 is 0 Å². The van der Waals surface area contributed by atoms with Gasteiger partial charge in [-0.2, -0.15) is 0 Å². The Labute approximate surface area is 155 Å². The monoisotopic (exact) mass is 355 g/mol. The molecule has 1 aromatic carbocycles. The highest BCUT2D eigenvalue weighted by molar-refractivity contribution is 5.90. The molecule has 1 saturated carbocycles. The van der Waals surface area contributed by atoms with E-state index in [1.165, 1.54) is 37.7 Å². The number of hydrogen-bond acceptors (Lipinski definition) is 2. The van der Waals surface area contributed by atoms with E-state index in [1.54, 1.807) is 4.90 Å². The Balaban J connectivity index is 1.39. The van der Waals surface area contributed by atoms with Crippen molar-refractivity contribution < 1.29 is 9.59 Å². The number of nitrogens with one attached hydrogen (secondary N) is 2. The molecule has 0 spiro atoms. The largest absolute Gasteiger partial charge is 0.351 e. The number of carbonyl (C=O) groups is 2. The highest BCUT2D eigenvalue weighted by Crippen LogP contribution is 2.33. The molecule has 5 heteroatoms. The Morgan fingerprint density at radius 1 is 0.923 bits per heavy atom. The van der Waals surface area contributed by atoms with Gasteiger partial charge in [0.15, 0.2) is 0 Å². The van der Waals surface area contributed by atoms with E-state index in [1.807, 2.05) is 12.1 Å². The first kappa shape index (κ1) is 17.4. The first-order valence-electron chi connectivity index (χ1n) is 10.2. The molecule has 2 atom stereocenters. The lowest BCUT2D eigenvalue weighted by atomic mass is 9.84. The Bertz CT molecular complexity index is 652. The number of carbonyl (C=O) groups excluding carboxylic acids is 2. The van der Waals surface area contributed by atoms with Crippen LogP contribution in [0.5, 0.6) is 0 Å². The van der Waals surface area contributed by atoms with Crippen LogP contribution in [0.15, 0.2) is 24.3 Å². The summed E-state index contributed by atoms with van der Waals surface area (Å²) in [5, 5.41) is 6.09. The van der Waals surface area contributed by atoms with Crippen molar-refractivity contribution in [2.45, 2.75) is 63.3 Å². The fraction of sp³-hybridized carbons (Fsp3) is 0.619. The molecule has 5 nitrogen and oxygen atoms in total. The molecule has 3 fully saturated rings. The molecular weight excluding hydrogens is 326 g/mol. The zero-order valence-corrected chi connectivity index (χ0v) is 15.4. The van der Waals surface area contributed by atoms with Crippen molar-refractivity contribution in [3.05, 3.63) is 29.8 Å². The number of likely N-dealkylation sites (tertiary alicyclic amines) is 1. The number of rotatable bonds is 2. The maximum atomic E-state index is 12.7. The normalized spacial score (nSPS) is 26.8. The van der Waals surface area contributed by atoms with Gasteiger partial charge in [-0.25, -0.2) is 4.79 Å². The second-order valence-corrected chi connectivity index (χ2v) is 8.13. The molecule has 2 saturated heterocycles. The van der Waals surface area contributed by atoms with Gasteiger partial charge in [0.1, 0.15) is 0 Å². The van der Waals surface area contributed by atoms with Crippen LogP contribution in [0.25, 0.3) is 0 Å². The van der Waals surface area contributed by atoms with Crippen LogP contribution in [0, 0.1) is 5.92 Å². The average molecular weight is 355 g/mol. The zero-order valence-electron chi connectivity index (χ0n) is 15.4. The van der Waals surface area contributed by atoms with E-state index in [-0.39, 0.29) is 23.9 Å². The summed E-state index contributed by atoms with van der Waals surface area (Å²) in [7, 11) is 0. The van der Waals surface area contributed by atoms with Gasteiger partial charge in [-0.1, -0.05) is 37.8 Å². The van der Waals surface area contributed by atoms with Crippen LogP contribution in [-0.4, -0.2) is 36.0 Å². The van der Waals surface area contributed by atoms with Gasteiger partial charge in [-0.05, 0) is 49.3 Å². The third-order valence-corrected chi connectivity index (χ3v) is 6.23. The quantitative estimate of drug-likeness (QED) is 0.846. The molecule has 2 unspecified atom stereocenters. The second-order valence-electron chi connectivity index (χ2n) is 8.13. The van der Waals surface area contributed by atoms with E-state index in [9.17, 15) is 9.59 Å². The standard InChI is InChI=1S/C21H29N3O2/c25-20-17-7-4-8-19(22-20)14-24(13-17)21(26)23-18-11-9-16(10-12-18)15-5-2-1-3-6-15/h9-12,15,17,19H,1-8,13-14H2,(H,22,25)(H,23,26). The number of hydrogen-bond donors (Lipinski definition) is 2. The molecule has 1 aliphatic carbocycles. The van der Waals surface area contributed by atoms with Gasteiger partial charge in [0.05, 0.1) is 5.92 Å². The predicted molar refractivity (Wildman–Crippen MR) is 102 cm³/mol. The number of anilines is 1. The third kappa shape index (κ3) is 3.87. The molecular formula is C21H29N3O2. The van der Waals surface area contributed by atoms with E-state index in [0.29, 0.717) is 19.0 Å². The molecule has 0 radical (unpaired) electrons. The van der Waals surface area contributed by atoms with E-state index >= 15 is 0 Å². The highest BCUT2D eigenvalue weighted by Gasteiger charge is 2.34. The number of fused-ring (bicyclic) bond motifs is 3. The van der Waals surface area contributed by atoms with Gasteiger partial charge in [-0.15, -0.1) is 0 Å². The zero-order chi connectivity index (χ0) is 17.9. The number of nitrogens with zero attached hydrogens (tertiary/aromatic N) is 1. The maximum Gasteiger partial charge on any atom is 0.321 e. The highest BCUT2D eigenvalue weighted by atomic mass is 16.2. The Morgan fingerprint density at radius 3 is 2.42 bits per heavy atom. The Hall–Kier alpha value is -2.04. The molecule has 2 N–H and O–H groups in total. The first-order valence-corrected chi connectivity index (χ1v) is 10.2. The Kier molecular flexibility index (Phi) is 5.14. The maximum absolute atomic E-state index is 12.7. The van der Waals surface area contributed by atoms with Crippen LogP contribution in [0.1, 0.15) is 62.8 Å². The van der Waals surface area contributed by atoms with Crippen LogP contribution in [0.4, 0.5) is 10.5 Å². The molecule has 1 aromatic rings. The molecule has 2 bridgehead atoms. The lowest BCUT2D eigenvalue weighted by molar-refractivity contribution is -0.124. The summed E-state index contributed by atoms with van der Waals surface area (Å²) in [6.45, 7) is 1.13. The number of amides is 3. The van der Waals surface area contributed by atoms with Gasteiger partial charge >= 0.3 is 6.03 Å². The summed E-state index contributed by atoms with van der Waals surface area (Å²) in [4.78, 5) is 26.7. The number of urea groups is 1. The molecule has 3 amide bonds. The van der Waals surface area contributed by atoms with E-state index in [0.717, 1.165) is 24.9 Å². The van der Waals surface area contributed by atoms with Crippen molar-refractivity contribution in [3.63, 3.8) is 0 Å². The first-order chi connectivity index (χ1) is 12.7. The van der Waals surface area contributed by atoms with Crippen LogP contribution >= 0.6 is 0 Å². The summed E-state index contributed by atoms with van der Waals surface area (Å²) in [5.74, 6) is 0.720. The molecule has 2 heterocycles. The minimum atomic E-state index is -0.0937. The van der Waals surface area contributed by atoms with Gasteiger partial charge in [-0.3, -0.25) is 4.79 Å². The van der Waals surface area contributed by atoms with Crippen molar-refractivity contribution in [3.8, 4) is 0 Å². The van der Waals surface area contributed by atoms with Crippen LogP contribution in [0.2, 0.25) is 0 Å². The van der Waals surface area contributed by atoms with Crippen molar-refractivity contribution in [1.82, 2.24) is 10.2 Å². The van der Waals surface area contributed by atoms with Gasteiger partial charge in [0.2, 0.25) is 5.91 Å². The summed E-state index contributed by atoms with van der Waals surface area (Å²) in [5.41, 5.74) is 2.23. The van der Waals surface area contributed by atoms with Crippen molar-refractivity contribution in [2.24, 2.45) is 5.92 Å². The smallest absolute Gasteiger partial charge is 0.321 e. The summed E-state index contributed by atoms with van der Waals surface area (Å²) in [6.07, 6.45) is 9.48. The van der Waals surface area contributed by atoms with E-state index in [4.69, 9.17) is 0 Å². The van der Waals surface area contributed by atoms with Crippen molar-refractivity contribution in [2.75, 3.05) is 18.4 Å². The molecule has 0 aromatic heterocycles. The fourth-order valence-electron chi connectivity index (χ4n) is 4.69. The molecule has 4 rings (SSSR count). The summed E-state index contributed by atoms with van der Waals surface area (Å²) >= 11 is 0. The van der Waals surface area contributed by atoms with E-state index in [2.05, 4.69) is 22.8 Å². The lowest BCUT2D eigenvalue weighted by Gasteiger charge is -2.27. The predicted octanol–water partition coefficient (Wildman–Crippen LogP) is 3.87. The van der Waals surface area contributed by atoms with Gasteiger partial charge in [0.25, 0.3) is 0 Å². The molecule has 26 heavy (non-hydrogen) atoms. The lowest BCUT2D eigenvalue weighted by Crippen LogP contribution is -2.43. The molecule has 3 aliphatic rings. The van der Waals surface area contributed by atoms with Crippen molar-refractivity contribution >= 4 is 17.6 Å². The molecule has 140 valence electrons. The number of benzene rings is 1. The Morgan fingerprint density at radius 2 is 1.65 bits per heavy atom. The third-order valence-electron chi connectivity index (χ3n) is 6.23. The fourth-order valence-corrected chi connectivity index (χ4v) is 4.69. The SMILES string of the molecule is O=C1NC2CCCC1CN(C(=O)Nc1ccc(C3CCCCC3)cc1)C2. The van der Waals surface area contributed by atoms with Crippen molar-refractivity contribution in [1.29, 1.82) is 0 Å². The summed E-state index contributed by atoms with van der Waals surface area (Å²) in [6, 6.07) is 8.35. The summed E-state index contributed by atoms with van der Waals surface area (Å²) < 4.78 is 0. The molecule has 2 aliphatic heterocycles. The van der Waals surface area contributed by atoms with Crippen LogP contribution in [0.3, 0.4) is 0 Å². The minimum absolute atomic E-state index is 0.0677. The minimum Gasteiger partial charge on any atom is -0.351 e. The second kappa shape index (κ2) is 7.68. The van der Waals surface area contributed by atoms with Gasteiger partial charge < -0.3 is 15.5 Å². The van der Waals surface area contributed by atoms with Crippen LogP contribution in [-0.2, 0) is 4.79 Å².